The van der Waals surface area contributed by atoms with E-state index in [0.717, 1.165) is 10.6 Å². The molecule has 0 aliphatic rings. The highest BCUT2D eigenvalue weighted by atomic mass is 32.2. The molecule has 0 aliphatic heterocycles. The molecule has 0 bridgehead atoms. The maximum absolute atomic E-state index is 11.9. The molecule has 9 nitrogen and oxygen atoms in total. The largest absolute Gasteiger partial charge is 0.462 e. The van der Waals surface area contributed by atoms with Crippen molar-refractivity contribution in [1.29, 1.82) is 5.26 Å². The Kier molecular flexibility index (Phi) is 6.33. The van der Waals surface area contributed by atoms with Crippen LogP contribution in [0.2, 0.25) is 0 Å². The number of rotatable bonds is 7. The summed E-state index contributed by atoms with van der Waals surface area (Å²) in [4.78, 5) is 17.0. The molecule has 2 N–H and O–H groups in total. The molecule has 3 rings (SSSR count). The third-order valence-corrected chi connectivity index (χ3v) is 4.31. The average molecular weight is 393 g/mol. The number of esters is 1. The normalized spacial score (nSPS) is 10.9. The Bertz CT molecular complexity index is 1030. The van der Waals surface area contributed by atoms with Crippen LogP contribution in [0.15, 0.2) is 58.7 Å². The number of carbonyl (C=O) groups excluding carboxylic acids is 1. The molecular formula is C18H15N7O2S. The first kappa shape index (κ1) is 19.1. The number of hydrogen-bond donors (Lipinski definition) is 2. The lowest BCUT2D eigenvalue weighted by Gasteiger charge is -2.06. The number of tetrazole rings is 1. The topological polar surface area (TPSA) is 129 Å². The van der Waals surface area contributed by atoms with Gasteiger partial charge in [-0.2, -0.15) is 10.5 Å². The van der Waals surface area contributed by atoms with Crippen molar-refractivity contribution in [2.24, 2.45) is 0 Å². The fourth-order valence-corrected chi connectivity index (χ4v) is 3.03. The van der Waals surface area contributed by atoms with E-state index in [1.165, 1.54) is 18.0 Å². The van der Waals surface area contributed by atoms with Crippen LogP contribution in [0.4, 0.5) is 5.69 Å². The third kappa shape index (κ3) is 4.93. The number of nitrogens with zero attached hydrogens (tertiary/aromatic N) is 5. The van der Waals surface area contributed by atoms with Crippen molar-refractivity contribution in [2.75, 3.05) is 11.9 Å². The average Bonchev–Trinajstić information content (AvgIpc) is 3.24. The standard InChI is InChI=1S/C18H15N7O2S/c1-2-27-18(26)12-6-7-20-16(8-12)28-15-5-3-4-14(9-15)21-11-13(10-19)17-22-24-25-23-17/h3-9,11,21H,2H2,1H3,(H,22,23,24,25). The molecule has 10 heteroatoms. The summed E-state index contributed by atoms with van der Waals surface area (Å²) in [6, 6.07) is 12.9. The predicted octanol–water partition coefficient (Wildman–Crippen LogP) is 2.90. The molecule has 1 aromatic carbocycles. The quantitative estimate of drug-likeness (QED) is 0.459. The zero-order chi connectivity index (χ0) is 19.8. The van der Waals surface area contributed by atoms with E-state index in [2.05, 4.69) is 30.9 Å². The van der Waals surface area contributed by atoms with Gasteiger partial charge in [0, 0.05) is 23.0 Å². The van der Waals surface area contributed by atoms with E-state index in [0.29, 0.717) is 17.2 Å². The van der Waals surface area contributed by atoms with Crippen LogP contribution in [0, 0.1) is 11.3 Å². The van der Waals surface area contributed by atoms with Crippen LogP contribution in [0.25, 0.3) is 5.57 Å². The van der Waals surface area contributed by atoms with Crippen LogP contribution >= 0.6 is 11.8 Å². The molecule has 2 heterocycles. The second-order valence-corrected chi connectivity index (χ2v) is 6.38. The zero-order valence-corrected chi connectivity index (χ0v) is 15.6. The number of allylic oxidation sites excluding steroid dienone is 1. The summed E-state index contributed by atoms with van der Waals surface area (Å²) in [5.74, 6) is -0.168. The van der Waals surface area contributed by atoms with Gasteiger partial charge in [0.2, 0.25) is 5.82 Å². The van der Waals surface area contributed by atoms with Crippen LogP contribution in [-0.4, -0.2) is 38.2 Å². The summed E-state index contributed by atoms with van der Waals surface area (Å²) < 4.78 is 5.01. The molecule has 0 atom stereocenters. The Hall–Kier alpha value is -3.71. The molecule has 0 spiro atoms. The van der Waals surface area contributed by atoms with Gasteiger partial charge in [0.05, 0.1) is 12.2 Å². The molecule has 0 aliphatic carbocycles. The van der Waals surface area contributed by atoms with E-state index in [4.69, 9.17) is 4.74 Å². The minimum atomic E-state index is -0.377. The number of carbonyl (C=O) groups is 1. The summed E-state index contributed by atoms with van der Waals surface area (Å²) in [5, 5.41) is 26.2. The fourth-order valence-electron chi connectivity index (χ4n) is 2.15. The van der Waals surface area contributed by atoms with E-state index in [1.54, 1.807) is 25.3 Å². The van der Waals surface area contributed by atoms with Gasteiger partial charge in [0.15, 0.2) is 0 Å². The molecule has 0 unspecified atom stereocenters. The van der Waals surface area contributed by atoms with Gasteiger partial charge < -0.3 is 10.1 Å². The number of anilines is 1. The first-order chi connectivity index (χ1) is 13.7. The lowest BCUT2D eigenvalue weighted by atomic mass is 10.3. The SMILES string of the molecule is CCOC(=O)c1ccnc(Sc2cccc(NC=C(C#N)c3nn[nH]n3)c2)c1. The molecule has 0 radical (unpaired) electrons. The lowest BCUT2D eigenvalue weighted by Crippen LogP contribution is -2.04. The van der Waals surface area contributed by atoms with Gasteiger partial charge in [-0.05, 0) is 42.5 Å². The van der Waals surface area contributed by atoms with Gasteiger partial charge in [-0.1, -0.05) is 17.8 Å². The molecule has 2 aromatic heterocycles. The Morgan fingerprint density at radius 2 is 2.29 bits per heavy atom. The number of nitrogens with one attached hydrogen (secondary N) is 2. The van der Waals surface area contributed by atoms with Gasteiger partial charge in [-0.3, -0.25) is 0 Å². The highest BCUT2D eigenvalue weighted by molar-refractivity contribution is 7.99. The van der Waals surface area contributed by atoms with Crippen molar-refractivity contribution in [1.82, 2.24) is 25.6 Å². The summed E-state index contributed by atoms with van der Waals surface area (Å²) >= 11 is 1.40. The summed E-state index contributed by atoms with van der Waals surface area (Å²) in [7, 11) is 0. The summed E-state index contributed by atoms with van der Waals surface area (Å²) in [6.07, 6.45) is 3.08. The second-order valence-electron chi connectivity index (χ2n) is 5.28. The number of aromatic amines is 1. The van der Waals surface area contributed by atoms with Crippen molar-refractivity contribution in [3.8, 4) is 6.07 Å². The fraction of sp³-hybridized carbons (Fsp3) is 0.111. The van der Waals surface area contributed by atoms with E-state index < -0.39 is 0 Å². The number of hydrogen-bond acceptors (Lipinski definition) is 9. The highest BCUT2D eigenvalue weighted by Gasteiger charge is 2.09. The van der Waals surface area contributed by atoms with Crippen LogP contribution in [0.3, 0.4) is 0 Å². The minimum absolute atomic E-state index is 0.209. The predicted molar refractivity (Wildman–Crippen MR) is 102 cm³/mol. The zero-order valence-electron chi connectivity index (χ0n) is 14.8. The van der Waals surface area contributed by atoms with Gasteiger partial charge in [-0.15, -0.1) is 10.2 Å². The van der Waals surface area contributed by atoms with E-state index in [9.17, 15) is 10.1 Å². The van der Waals surface area contributed by atoms with Crippen molar-refractivity contribution < 1.29 is 9.53 Å². The third-order valence-electron chi connectivity index (χ3n) is 3.39. The number of ether oxygens (including phenoxy) is 1. The Morgan fingerprint density at radius 1 is 1.39 bits per heavy atom. The monoisotopic (exact) mass is 393 g/mol. The van der Waals surface area contributed by atoms with E-state index in [1.807, 2.05) is 30.3 Å². The van der Waals surface area contributed by atoms with Gasteiger partial charge in [-0.25, -0.2) is 9.78 Å². The molecule has 0 amide bonds. The van der Waals surface area contributed by atoms with Crippen molar-refractivity contribution in [3.05, 3.63) is 60.2 Å². The number of pyridine rings is 1. The Balaban J connectivity index is 1.73. The van der Waals surface area contributed by atoms with Crippen LogP contribution in [0.5, 0.6) is 0 Å². The minimum Gasteiger partial charge on any atom is -0.462 e. The first-order valence-electron chi connectivity index (χ1n) is 8.21. The molecule has 28 heavy (non-hydrogen) atoms. The van der Waals surface area contributed by atoms with Gasteiger partial charge >= 0.3 is 5.97 Å². The molecule has 3 aromatic rings. The summed E-state index contributed by atoms with van der Waals surface area (Å²) in [6.45, 7) is 2.08. The number of aromatic nitrogens is 5. The van der Waals surface area contributed by atoms with Gasteiger partial charge in [0.1, 0.15) is 16.7 Å². The molecule has 0 fully saturated rings. The number of H-pyrrole nitrogens is 1. The maximum atomic E-state index is 11.9. The number of benzene rings is 1. The lowest BCUT2D eigenvalue weighted by molar-refractivity contribution is 0.0526. The van der Waals surface area contributed by atoms with E-state index >= 15 is 0 Å². The van der Waals surface area contributed by atoms with Crippen LogP contribution in [0.1, 0.15) is 23.1 Å². The number of nitriles is 1. The van der Waals surface area contributed by atoms with Crippen LogP contribution < -0.4 is 5.32 Å². The van der Waals surface area contributed by atoms with Crippen molar-refractivity contribution in [3.63, 3.8) is 0 Å². The maximum Gasteiger partial charge on any atom is 0.338 e. The van der Waals surface area contributed by atoms with Gasteiger partial charge in [0.25, 0.3) is 0 Å². The van der Waals surface area contributed by atoms with E-state index in [-0.39, 0.29) is 17.4 Å². The molecular weight excluding hydrogens is 378 g/mol. The molecule has 0 saturated heterocycles. The Morgan fingerprint density at radius 3 is 3.04 bits per heavy atom. The molecule has 140 valence electrons. The Labute approximate surface area is 164 Å². The second kappa shape index (κ2) is 9.29. The smallest absolute Gasteiger partial charge is 0.338 e. The van der Waals surface area contributed by atoms with Crippen molar-refractivity contribution >= 4 is 29.0 Å². The summed E-state index contributed by atoms with van der Waals surface area (Å²) in [5.41, 5.74) is 1.47. The van der Waals surface area contributed by atoms with Crippen LogP contribution in [-0.2, 0) is 4.74 Å². The molecule has 0 saturated carbocycles. The van der Waals surface area contributed by atoms with Crippen molar-refractivity contribution in [2.45, 2.75) is 16.8 Å². The highest BCUT2D eigenvalue weighted by Crippen LogP contribution is 2.28. The first-order valence-corrected chi connectivity index (χ1v) is 9.03.